The summed E-state index contributed by atoms with van der Waals surface area (Å²) in [6.45, 7) is 4.81. The molecule has 2 aromatic rings. The number of nitrogens with zero attached hydrogens (tertiary/aromatic N) is 2. The first kappa shape index (κ1) is 12.5. The van der Waals surface area contributed by atoms with Crippen molar-refractivity contribution in [3.05, 3.63) is 41.5 Å². The number of rotatable bonds is 4. The first-order valence-corrected chi connectivity index (χ1v) is 5.95. The topological polar surface area (TPSA) is 34.9 Å². The normalized spacial score (nSPS) is 10.6. The Balaban J connectivity index is 2.45. The van der Waals surface area contributed by atoms with Gasteiger partial charge in [-0.1, -0.05) is 19.1 Å². The standard InChI is InChI=1S/C14H15FN2O/c1-3-6-17-10(2)13(8-16-17)12-5-4-11(9-18)7-14(12)15/h4-5,7-9H,3,6H2,1-2H3. The van der Waals surface area contributed by atoms with Gasteiger partial charge in [-0.2, -0.15) is 5.10 Å². The summed E-state index contributed by atoms with van der Waals surface area (Å²) >= 11 is 0. The van der Waals surface area contributed by atoms with Gasteiger partial charge in [0.1, 0.15) is 12.1 Å². The van der Waals surface area contributed by atoms with E-state index < -0.39 is 5.82 Å². The molecule has 0 amide bonds. The highest BCUT2D eigenvalue weighted by atomic mass is 19.1. The van der Waals surface area contributed by atoms with E-state index in [-0.39, 0.29) is 0 Å². The molecular weight excluding hydrogens is 231 g/mol. The Morgan fingerprint density at radius 3 is 2.78 bits per heavy atom. The molecule has 94 valence electrons. The van der Waals surface area contributed by atoms with Crippen molar-refractivity contribution in [3.63, 3.8) is 0 Å². The van der Waals surface area contributed by atoms with Crippen LogP contribution in [0.25, 0.3) is 11.1 Å². The minimum Gasteiger partial charge on any atom is -0.298 e. The molecule has 1 heterocycles. The van der Waals surface area contributed by atoms with Crippen molar-refractivity contribution in [3.8, 4) is 11.1 Å². The fourth-order valence-electron chi connectivity index (χ4n) is 1.97. The lowest BCUT2D eigenvalue weighted by Gasteiger charge is -2.05. The minimum absolute atomic E-state index is 0.342. The first-order valence-electron chi connectivity index (χ1n) is 5.95. The third-order valence-electron chi connectivity index (χ3n) is 2.96. The average molecular weight is 246 g/mol. The summed E-state index contributed by atoms with van der Waals surface area (Å²) in [6.07, 6.45) is 3.29. The highest BCUT2D eigenvalue weighted by molar-refractivity contribution is 5.77. The predicted molar refractivity (Wildman–Crippen MR) is 68.0 cm³/mol. The Bertz CT molecular complexity index is 575. The largest absolute Gasteiger partial charge is 0.298 e. The summed E-state index contributed by atoms with van der Waals surface area (Å²) in [5.41, 5.74) is 2.54. The first-order chi connectivity index (χ1) is 8.67. The van der Waals surface area contributed by atoms with E-state index in [1.807, 2.05) is 11.6 Å². The maximum absolute atomic E-state index is 13.9. The van der Waals surface area contributed by atoms with Gasteiger partial charge in [0.15, 0.2) is 0 Å². The third-order valence-corrected chi connectivity index (χ3v) is 2.96. The molecule has 18 heavy (non-hydrogen) atoms. The van der Waals surface area contributed by atoms with Gasteiger partial charge < -0.3 is 0 Å². The number of benzene rings is 1. The van der Waals surface area contributed by atoms with Crippen molar-refractivity contribution < 1.29 is 9.18 Å². The fraction of sp³-hybridized carbons (Fsp3) is 0.286. The SMILES string of the molecule is CCCn1ncc(-c2ccc(C=O)cc2F)c1C. The second kappa shape index (κ2) is 5.12. The number of hydrogen-bond acceptors (Lipinski definition) is 2. The second-order valence-corrected chi connectivity index (χ2v) is 4.22. The molecule has 0 fully saturated rings. The zero-order valence-electron chi connectivity index (χ0n) is 10.5. The van der Waals surface area contributed by atoms with E-state index in [1.54, 1.807) is 18.3 Å². The van der Waals surface area contributed by atoms with Crippen molar-refractivity contribution in [1.82, 2.24) is 9.78 Å². The van der Waals surface area contributed by atoms with Crippen molar-refractivity contribution >= 4 is 6.29 Å². The minimum atomic E-state index is -0.390. The molecule has 2 rings (SSSR count). The van der Waals surface area contributed by atoms with Gasteiger partial charge in [0.05, 0.1) is 6.20 Å². The van der Waals surface area contributed by atoms with E-state index in [4.69, 9.17) is 0 Å². The second-order valence-electron chi connectivity index (χ2n) is 4.22. The number of aldehydes is 1. The molecule has 0 saturated heterocycles. The maximum atomic E-state index is 13.9. The number of carbonyl (C=O) groups excluding carboxylic acids is 1. The summed E-state index contributed by atoms with van der Waals surface area (Å²) in [5.74, 6) is -0.390. The molecule has 1 aromatic carbocycles. The van der Waals surface area contributed by atoms with E-state index in [9.17, 15) is 9.18 Å². The van der Waals surface area contributed by atoms with E-state index in [0.717, 1.165) is 24.2 Å². The van der Waals surface area contributed by atoms with Crippen LogP contribution in [0.4, 0.5) is 4.39 Å². The molecule has 0 saturated carbocycles. The van der Waals surface area contributed by atoms with Crippen LogP contribution in [0.1, 0.15) is 29.4 Å². The quantitative estimate of drug-likeness (QED) is 0.776. The van der Waals surface area contributed by atoms with Gasteiger partial charge in [-0.3, -0.25) is 9.48 Å². The van der Waals surface area contributed by atoms with E-state index in [0.29, 0.717) is 17.4 Å². The van der Waals surface area contributed by atoms with Crippen molar-refractivity contribution in [2.24, 2.45) is 0 Å². The zero-order chi connectivity index (χ0) is 13.1. The average Bonchev–Trinajstić information content (AvgIpc) is 2.72. The smallest absolute Gasteiger partial charge is 0.150 e. The Labute approximate surface area is 105 Å². The molecule has 0 aliphatic heterocycles. The number of halogens is 1. The summed E-state index contributed by atoms with van der Waals surface area (Å²) < 4.78 is 15.8. The molecule has 0 radical (unpaired) electrons. The van der Waals surface area contributed by atoms with Crippen LogP contribution in [-0.2, 0) is 6.54 Å². The molecule has 0 aliphatic rings. The molecule has 3 nitrogen and oxygen atoms in total. The van der Waals surface area contributed by atoms with Crippen LogP contribution in [0.2, 0.25) is 0 Å². The Morgan fingerprint density at radius 2 is 2.17 bits per heavy atom. The van der Waals surface area contributed by atoms with Crippen LogP contribution in [0, 0.1) is 12.7 Å². The lowest BCUT2D eigenvalue weighted by molar-refractivity contribution is 0.112. The molecule has 0 unspecified atom stereocenters. The lowest BCUT2D eigenvalue weighted by Crippen LogP contribution is -2.01. The predicted octanol–water partition coefficient (Wildman–Crippen LogP) is 3.22. The van der Waals surface area contributed by atoms with E-state index in [2.05, 4.69) is 12.0 Å². The molecular formula is C14H15FN2O. The highest BCUT2D eigenvalue weighted by Gasteiger charge is 2.12. The number of carbonyl (C=O) groups is 1. The van der Waals surface area contributed by atoms with Crippen molar-refractivity contribution in [2.75, 3.05) is 0 Å². The monoisotopic (exact) mass is 246 g/mol. The van der Waals surface area contributed by atoms with Crippen LogP contribution in [0.3, 0.4) is 0 Å². The van der Waals surface area contributed by atoms with Crippen LogP contribution >= 0.6 is 0 Å². The molecule has 1 aromatic heterocycles. The Kier molecular flexibility index (Phi) is 3.55. The van der Waals surface area contributed by atoms with Crippen molar-refractivity contribution in [2.45, 2.75) is 26.8 Å². The zero-order valence-corrected chi connectivity index (χ0v) is 10.5. The Hall–Kier alpha value is -1.97. The van der Waals surface area contributed by atoms with Gasteiger partial charge in [-0.05, 0) is 19.4 Å². The number of aryl methyl sites for hydroxylation is 1. The van der Waals surface area contributed by atoms with Crippen LogP contribution in [-0.4, -0.2) is 16.1 Å². The van der Waals surface area contributed by atoms with Gasteiger partial charge in [0.2, 0.25) is 0 Å². The molecule has 0 spiro atoms. The van der Waals surface area contributed by atoms with Gasteiger partial charge >= 0.3 is 0 Å². The van der Waals surface area contributed by atoms with Crippen molar-refractivity contribution in [1.29, 1.82) is 0 Å². The van der Waals surface area contributed by atoms with Gasteiger partial charge in [0, 0.05) is 28.9 Å². The molecule has 4 heteroatoms. The number of hydrogen-bond donors (Lipinski definition) is 0. The fourth-order valence-corrected chi connectivity index (χ4v) is 1.97. The summed E-state index contributed by atoms with van der Waals surface area (Å²) in [4.78, 5) is 10.6. The molecule has 0 bridgehead atoms. The van der Waals surface area contributed by atoms with E-state index >= 15 is 0 Å². The summed E-state index contributed by atoms with van der Waals surface area (Å²) in [7, 11) is 0. The number of aromatic nitrogens is 2. The Morgan fingerprint density at radius 1 is 1.39 bits per heavy atom. The summed E-state index contributed by atoms with van der Waals surface area (Å²) in [5, 5.41) is 4.25. The van der Waals surface area contributed by atoms with Gasteiger partial charge in [-0.15, -0.1) is 0 Å². The van der Waals surface area contributed by atoms with Gasteiger partial charge in [0.25, 0.3) is 0 Å². The molecule has 0 N–H and O–H groups in total. The molecule has 0 atom stereocenters. The third kappa shape index (κ3) is 2.18. The van der Waals surface area contributed by atoms with E-state index in [1.165, 1.54) is 6.07 Å². The van der Waals surface area contributed by atoms with Crippen LogP contribution in [0.5, 0.6) is 0 Å². The maximum Gasteiger partial charge on any atom is 0.150 e. The highest BCUT2D eigenvalue weighted by Crippen LogP contribution is 2.26. The molecule has 0 aliphatic carbocycles. The summed E-state index contributed by atoms with van der Waals surface area (Å²) in [6, 6.07) is 4.49. The van der Waals surface area contributed by atoms with Gasteiger partial charge in [-0.25, -0.2) is 4.39 Å². The lowest BCUT2D eigenvalue weighted by atomic mass is 10.0. The van der Waals surface area contributed by atoms with Crippen LogP contribution in [0.15, 0.2) is 24.4 Å². The van der Waals surface area contributed by atoms with Crippen LogP contribution < -0.4 is 0 Å².